The first-order valence-corrected chi connectivity index (χ1v) is 5.94. The predicted molar refractivity (Wildman–Crippen MR) is 62.6 cm³/mol. The Balaban J connectivity index is 2.18. The molecule has 7 heteroatoms. The molecule has 0 unspecified atom stereocenters. The van der Waals surface area contributed by atoms with Gasteiger partial charge in [-0.05, 0) is 25.9 Å². The molecular weight excluding hydrogens is 247 g/mol. The maximum Gasteiger partial charge on any atom is 0.411 e. The summed E-state index contributed by atoms with van der Waals surface area (Å²) in [5.74, 6) is 0.190. The summed E-state index contributed by atoms with van der Waals surface area (Å²) in [6.45, 7) is 2.82. The van der Waals surface area contributed by atoms with Gasteiger partial charge in [-0.25, -0.2) is 0 Å². The SMILES string of the molecule is CC1(C(=N)N)CCN(CCOCC(F)(F)F)CC1. The molecule has 0 spiro atoms. The average Bonchev–Trinajstić information content (AvgIpc) is 2.25. The average molecular weight is 267 g/mol. The molecule has 18 heavy (non-hydrogen) atoms. The second-order valence-corrected chi connectivity index (χ2v) is 4.98. The Morgan fingerprint density at radius 3 is 2.39 bits per heavy atom. The molecule has 1 aliphatic rings. The van der Waals surface area contributed by atoms with Crippen molar-refractivity contribution in [2.45, 2.75) is 25.9 Å². The predicted octanol–water partition coefficient (Wildman–Crippen LogP) is 1.60. The van der Waals surface area contributed by atoms with Crippen LogP contribution < -0.4 is 5.73 Å². The summed E-state index contributed by atoms with van der Waals surface area (Å²) < 4.78 is 40.1. The van der Waals surface area contributed by atoms with Crippen LogP contribution in [0.15, 0.2) is 0 Å². The Morgan fingerprint density at radius 1 is 1.39 bits per heavy atom. The topological polar surface area (TPSA) is 62.3 Å². The molecule has 0 aromatic heterocycles. The molecule has 1 aliphatic heterocycles. The van der Waals surface area contributed by atoms with Gasteiger partial charge in [0.2, 0.25) is 0 Å². The molecule has 3 N–H and O–H groups in total. The number of halogens is 3. The van der Waals surface area contributed by atoms with Crippen molar-refractivity contribution >= 4 is 5.84 Å². The van der Waals surface area contributed by atoms with Crippen molar-refractivity contribution < 1.29 is 17.9 Å². The fourth-order valence-electron chi connectivity index (χ4n) is 1.92. The molecule has 1 heterocycles. The second-order valence-electron chi connectivity index (χ2n) is 4.98. The molecule has 1 rings (SSSR count). The van der Waals surface area contributed by atoms with Crippen molar-refractivity contribution in [2.75, 3.05) is 32.8 Å². The van der Waals surface area contributed by atoms with E-state index in [-0.39, 0.29) is 17.9 Å². The molecular formula is C11H20F3N3O. The lowest BCUT2D eigenvalue weighted by Crippen LogP contribution is -2.46. The van der Waals surface area contributed by atoms with Crippen LogP contribution in [0.4, 0.5) is 13.2 Å². The molecule has 106 valence electrons. The van der Waals surface area contributed by atoms with Crippen LogP contribution in [-0.4, -0.2) is 49.8 Å². The number of ether oxygens (including phenoxy) is 1. The lowest BCUT2D eigenvalue weighted by atomic mass is 9.79. The number of nitrogens with two attached hydrogens (primary N) is 1. The van der Waals surface area contributed by atoms with Gasteiger partial charge in [-0.3, -0.25) is 5.41 Å². The van der Waals surface area contributed by atoms with E-state index in [4.69, 9.17) is 11.1 Å². The molecule has 0 saturated carbocycles. The van der Waals surface area contributed by atoms with Crippen LogP contribution >= 0.6 is 0 Å². The van der Waals surface area contributed by atoms with Gasteiger partial charge in [-0.1, -0.05) is 6.92 Å². The third kappa shape index (κ3) is 4.81. The molecule has 0 radical (unpaired) electrons. The number of alkyl halides is 3. The first kappa shape index (κ1) is 15.2. The first-order valence-electron chi connectivity index (χ1n) is 5.94. The molecule has 1 saturated heterocycles. The quantitative estimate of drug-likeness (QED) is 0.452. The summed E-state index contributed by atoms with van der Waals surface area (Å²) in [4.78, 5) is 2.04. The van der Waals surface area contributed by atoms with Crippen molar-refractivity contribution in [1.82, 2.24) is 4.90 Å². The van der Waals surface area contributed by atoms with Gasteiger partial charge in [-0.2, -0.15) is 13.2 Å². The highest BCUT2D eigenvalue weighted by molar-refractivity contribution is 5.83. The molecule has 0 bridgehead atoms. The molecule has 1 fully saturated rings. The largest absolute Gasteiger partial charge is 0.411 e. The third-order valence-electron chi connectivity index (χ3n) is 3.43. The Kier molecular flexibility index (Phi) is 4.98. The number of rotatable bonds is 5. The van der Waals surface area contributed by atoms with Gasteiger partial charge in [0.05, 0.1) is 12.4 Å². The van der Waals surface area contributed by atoms with Crippen LogP contribution in [0.3, 0.4) is 0 Å². The number of piperidine rings is 1. The molecule has 4 nitrogen and oxygen atoms in total. The number of amidine groups is 1. The van der Waals surface area contributed by atoms with Gasteiger partial charge >= 0.3 is 6.18 Å². The number of likely N-dealkylation sites (tertiary alicyclic amines) is 1. The Hall–Kier alpha value is -0.820. The highest BCUT2D eigenvalue weighted by atomic mass is 19.4. The van der Waals surface area contributed by atoms with Crippen molar-refractivity contribution in [1.29, 1.82) is 5.41 Å². The lowest BCUT2D eigenvalue weighted by molar-refractivity contribution is -0.174. The van der Waals surface area contributed by atoms with Gasteiger partial charge < -0.3 is 15.4 Å². The van der Waals surface area contributed by atoms with E-state index >= 15 is 0 Å². The van der Waals surface area contributed by atoms with Gasteiger partial charge in [0.25, 0.3) is 0 Å². The summed E-state index contributed by atoms with van der Waals surface area (Å²) in [6, 6.07) is 0. The van der Waals surface area contributed by atoms with E-state index in [0.29, 0.717) is 6.54 Å². The van der Waals surface area contributed by atoms with Crippen LogP contribution in [0.25, 0.3) is 0 Å². The van der Waals surface area contributed by atoms with Crippen LogP contribution in [0, 0.1) is 10.8 Å². The Morgan fingerprint density at radius 2 is 1.94 bits per heavy atom. The van der Waals surface area contributed by atoms with E-state index in [1.807, 2.05) is 11.8 Å². The van der Waals surface area contributed by atoms with Crippen LogP contribution in [0.2, 0.25) is 0 Å². The van der Waals surface area contributed by atoms with Crippen molar-refractivity contribution in [3.8, 4) is 0 Å². The minimum absolute atomic E-state index is 0.0797. The molecule has 0 amide bonds. The van der Waals surface area contributed by atoms with Crippen LogP contribution in [0.5, 0.6) is 0 Å². The number of nitrogens with zero attached hydrogens (tertiary/aromatic N) is 1. The number of hydrogen-bond donors (Lipinski definition) is 2. The van der Waals surface area contributed by atoms with Gasteiger partial charge in [-0.15, -0.1) is 0 Å². The zero-order valence-corrected chi connectivity index (χ0v) is 10.5. The molecule has 0 aromatic carbocycles. The summed E-state index contributed by atoms with van der Waals surface area (Å²) in [5, 5.41) is 7.50. The number of nitrogens with one attached hydrogen (secondary N) is 1. The van der Waals surface area contributed by atoms with E-state index in [1.165, 1.54) is 0 Å². The number of hydrogen-bond acceptors (Lipinski definition) is 3. The van der Waals surface area contributed by atoms with Crippen molar-refractivity contribution in [3.63, 3.8) is 0 Å². The third-order valence-corrected chi connectivity index (χ3v) is 3.43. The van der Waals surface area contributed by atoms with E-state index in [0.717, 1.165) is 25.9 Å². The highest BCUT2D eigenvalue weighted by Crippen LogP contribution is 2.30. The lowest BCUT2D eigenvalue weighted by Gasteiger charge is -2.38. The standard InChI is InChI=1S/C11H20F3N3O/c1-10(9(15)16)2-4-17(5-3-10)6-7-18-8-11(12,13)14/h2-8H2,1H3,(H3,15,16). The van der Waals surface area contributed by atoms with E-state index < -0.39 is 12.8 Å². The van der Waals surface area contributed by atoms with E-state index in [2.05, 4.69) is 4.74 Å². The van der Waals surface area contributed by atoms with Gasteiger partial charge in [0.1, 0.15) is 6.61 Å². The summed E-state index contributed by atoms with van der Waals surface area (Å²) in [7, 11) is 0. The van der Waals surface area contributed by atoms with Crippen molar-refractivity contribution in [2.24, 2.45) is 11.1 Å². The van der Waals surface area contributed by atoms with E-state index in [9.17, 15) is 13.2 Å². The fourth-order valence-corrected chi connectivity index (χ4v) is 1.92. The minimum atomic E-state index is -4.25. The smallest absolute Gasteiger partial charge is 0.387 e. The molecule has 0 aliphatic carbocycles. The summed E-state index contributed by atoms with van der Waals surface area (Å²) in [6.07, 6.45) is -2.72. The summed E-state index contributed by atoms with van der Waals surface area (Å²) in [5.41, 5.74) is 5.27. The van der Waals surface area contributed by atoms with E-state index in [1.54, 1.807) is 0 Å². The second kappa shape index (κ2) is 5.88. The summed E-state index contributed by atoms with van der Waals surface area (Å²) >= 11 is 0. The fraction of sp³-hybridized carbons (Fsp3) is 0.909. The Labute approximate surface area is 105 Å². The zero-order valence-electron chi connectivity index (χ0n) is 10.5. The first-order chi connectivity index (χ1) is 8.23. The Bertz CT molecular complexity index is 286. The monoisotopic (exact) mass is 267 g/mol. The normalized spacial score (nSPS) is 20.9. The minimum Gasteiger partial charge on any atom is -0.387 e. The molecule has 0 atom stereocenters. The highest BCUT2D eigenvalue weighted by Gasteiger charge is 2.33. The maximum absolute atomic E-state index is 11.8. The van der Waals surface area contributed by atoms with Crippen LogP contribution in [-0.2, 0) is 4.74 Å². The van der Waals surface area contributed by atoms with Crippen LogP contribution in [0.1, 0.15) is 19.8 Å². The van der Waals surface area contributed by atoms with Crippen molar-refractivity contribution in [3.05, 3.63) is 0 Å². The maximum atomic E-state index is 11.8. The van der Waals surface area contributed by atoms with Gasteiger partial charge in [0, 0.05) is 12.0 Å². The van der Waals surface area contributed by atoms with Gasteiger partial charge in [0.15, 0.2) is 0 Å². The molecule has 0 aromatic rings. The zero-order chi connectivity index (χ0) is 13.8.